The molecule has 0 spiro atoms. The summed E-state index contributed by atoms with van der Waals surface area (Å²) in [6, 6.07) is 0. The molecule has 0 heterocycles. The molecule has 0 aliphatic heterocycles. The predicted molar refractivity (Wildman–Crippen MR) is 61.7 cm³/mol. The van der Waals surface area contributed by atoms with E-state index < -0.39 is 5.60 Å². The number of carbonyl (C=O) groups is 1. The smallest absolute Gasteiger partial charge is 0.136 e. The average molecular weight is 212 g/mol. The first-order valence-electron chi connectivity index (χ1n) is 6.17. The Kier molecular flexibility index (Phi) is 4.32. The molecule has 0 radical (unpaired) electrons. The second-order valence-corrected chi connectivity index (χ2v) is 5.61. The largest absolute Gasteiger partial charge is 0.390 e. The molecule has 1 saturated carbocycles. The number of ketones is 1. The highest BCUT2D eigenvalue weighted by molar-refractivity contribution is 5.81. The lowest BCUT2D eigenvalue weighted by molar-refractivity contribution is -0.128. The van der Waals surface area contributed by atoms with Crippen molar-refractivity contribution in [3.63, 3.8) is 0 Å². The normalized spacial score (nSPS) is 28.1. The number of rotatable bonds is 4. The first-order valence-corrected chi connectivity index (χ1v) is 6.17. The van der Waals surface area contributed by atoms with Crippen molar-refractivity contribution < 1.29 is 9.90 Å². The van der Waals surface area contributed by atoms with Gasteiger partial charge in [0.2, 0.25) is 0 Å². The fourth-order valence-corrected chi connectivity index (χ4v) is 2.67. The summed E-state index contributed by atoms with van der Waals surface area (Å²) >= 11 is 0. The lowest BCUT2D eigenvalue weighted by atomic mass is 9.75. The molecule has 0 aromatic rings. The fraction of sp³-hybridized carbons (Fsp3) is 0.923. The molecule has 88 valence electrons. The number of hydrogen-bond acceptors (Lipinski definition) is 2. The van der Waals surface area contributed by atoms with Crippen LogP contribution in [0.2, 0.25) is 0 Å². The van der Waals surface area contributed by atoms with Crippen LogP contribution in [0.3, 0.4) is 0 Å². The van der Waals surface area contributed by atoms with Gasteiger partial charge in [0.1, 0.15) is 5.78 Å². The molecule has 2 atom stereocenters. The molecule has 2 nitrogen and oxygen atoms in total. The Morgan fingerprint density at radius 2 is 2.13 bits per heavy atom. The molecule has 1 aliphatic rings. The molecule has 1 aliphatic carbocycles. The third kappa shape index (κ3) is 4.33. The monoisotopic (exact) mass is 212 g/mol. The Labute approximate surface area is 93.1 Å². The van der Waals surface area contributed by atoms with Crippen LogP contribution in [0.15, 0.2) is 0 Å². The van der Waals surface area contributed by atoms with E-state index in [4.69, 9.17) is 0 Å². The van der Waals surface area contributed by atoms with E-state index in [0.29, 0.717) is 18.1 Å². The summed E-state index contributed by atoms with van der Waals surface area (Å²) in [5.41, 5.74) is -0.700. The minimum absolute atomic E-state index is 0.107. The molecule has 2 unspecified atom stereocenters. The van der Waals surface area contributed by atoms with E-state index >= 15 is 0 Å². The van der Waals surface area contributed by atoms with Crippen LogP contribution < -0.4 is 0 Å². The molecule has 15 heavy (non-hydrogen) atoms. The second kappa shape index (κ2) is 5.11. The SMILES string of the molecule is CCCC1CCC(=O)C(CC(C)(C)O)C1. The predicted octanol–water partition coefficient (Wildman–Crippen LogP) is 2.93. The summed E-state index contributed by atoms with van der Waals surface area (Å²) in [7, 11) is 0. The molecule has 1 N–H and O–H groups in total. The lowest BCUT2D eigenvalue weighted by Gasteiger charge is -2.31. The summed E-state index contributed by atoms with van der Waals surface area (Å²) in [6.45, 7) is 5.79. The topological polar surface area (TPSA) is 37.3 Å². The molecule has 1 rings (SSSR count). The minimum atomic E-state index is -0.700. The quantitative estimate of drug-likeness (QED) is 0.778. The van der Waals surface area contributed by atoms with Gasteiger partial charge in [0.05, 0.1) is 5.60 Å². The van der Waals surface area contributed by atoms with Crippen LogP contribution in [-0.2, 0) is 4.79 Å². The highest BCUT2D eigenvalue weighted by atomic mass is 16.3. The summed E-state index contributed by atoms with van der Waals surface area (Å²) in [5.74, 6) is 1.18. The molecule has 0 aromatic carbocycles. The highest BCUT2D eigenvalue weighted by Crippen LogP contribution is 2.33. The molecular weight excluding hydrogens is 188 g/mol. The Hall–Kier alpha value is -0.370. The highest BCUT2D eigenvalue weighted by Gasteiger charge is 2.31. The first kappa shape index (κ1) is 12.7. The molecule has 0 amide bonds. The average Bonchev–Trinajstić information content (AvgIpc) is 2.09. The van der Waals surface area contributed by atoms with Crippen molar-refractivity contribution >= 4 is 5.78 Å². The van der Waals surface area contributed by atoms with Crippen molar-refractivity contribution in [1.82, 2.24) is 0 Å². The third-order valence-electron chi connectivity index (χ3n) is 3.32. The molecule has 0 aromatic heterocycles. The van der Waals surface area contributed by atoms with Crippen molar-refractivity contribution in [2.45, 2.75) is 64.9 Å². The molecule has 0 saturated heterocycles. The number of carbonyl (C=O) groups excluding carboxylic acids is 1. The summed E-state index contributed by atoms with van der Waals surface area (Å²) < 4.78 is 0. The van der Waals surface area contributed by atoms with Crippen LogP contribution in [0, 0.1) is 11.8 Å². The maximum absolute atomic E-state index is 11.7. The number of aliphatic hydroxyl groups is 1. The second-order valence-electron chi connectivity index (χ2n) is 5.61. The lowest BCUT2D eigenvalue weighted by Crippen LogP contribution is -2.32. The maximum Gasteiger partial charge on any atom is 0.136 e. The molecule has 2 heteroatoms. The van der Waals surface area contributed by atoms with Crippen molar-refractivity contribution in [1.29, 1.82) is 0 Å². The Balaban J connectivity index is 2.50. The fourth-order valence-electron chi connectivity index (χ4n) is 2.67. The molecule has 0 bridgehead atoms. The van der Waals surface area contributed by atoms with Crippen LogP contribution >= 0.6 is 0 Å². The zero-order chi connectivity index (χ0) is 11.5. The third-order valence-corrected chi connectivity index (χ3v) is 3.32. The van der Waals surface area contributed by atoms with Gasteiger partial charge in [-0.3, -0.25) is 4.79 Å². The van der Waals surface area contributed by atoms with Gasteiger partial charge in [0.15, 0.2) is 0 Å². The summed E-state index contributed by atoms with van der Waals surface area (Å²) in [4.78, 5) is 11.7. The van der Waals surface area contributed by atoms with Gasteiger partial charge in [0.25, 0.3) is 0 Å². The van der Waals surface area contributed by atoms with Gasteiger partial charge in [-0.1, -0.05) is 19.8 Å². The van der Waals surface area contributed by atoms with E-state index in [-0.39, 0.29) is 5.92 Å². The van der Waals surface area contributed by atoms with E-state index in [1.54, 1.807) is 13.8 Å². The Morgan fingerprint density at radius 1 is 1.47 bits per heavy atom. The summed E-state index contributed by atoms with van der Waals surface area (Å²) in [6.07, 6.45) is 5.85. The van der Waals surface area contributed by atoms with Crippen LogP contribution in [0.1, 0.15) is 59.3 Å². The molecule has 1 fully saturated rings. The van der Waals surface area contributed by atoms with E-state index in [0.717, 1.165) is 19.3 Å². The van der Waals surface area contributed by atoms with Crippen LogP contribution in [-0.4, -0.2) is 16.5 Å². The van der Waals surface area contributed by atoms with E-state index in [9.17, 15) is 9.90 Å². The number of Topliss-reactive ketones (excluding diaryl/α,β-unsaturated/α-hetero) is 1. The van der Waals surface area contributed by atoms with E-state index in [1.165, 1.54) is 12.8 Å². The van der Waals surface area contributed by atoms with Crippen LogP contribution in [0.4, 0.5) is 0 Å². The van der Waals surface area contributed by atoms with Crippen LogP contribution in [0.25, 0.3) is 0 Å². The van der Waals surface area contributed by atoms with Gasteiger partial charge in [-0.2, -0.15) is 0 Å². The van der Waals surface area contributed by atoms with Crippen molar-refractivity contribution in [3.05, 3.63) is 0 Å². The summed E-state index contributed by atoms with van der Waals surface area (Å²) in [5, 5.41) is 9.75. The van der Waals surface area contributed by atoms with Crippen molar-refractivity contribution in [2.75, 3.05) is 0 Å². The standard InChI is InChI=1S/C13H24O2/c1-4-5-10-6-7-12(14)11(8-10)9-13(2,3)15/h10-11,15H,4-9H2,1-3H3. The maximum atomic E-state index is 11.7. The van der Waals surface area contributed by atoms with Gasteiger partial charge < -0.3 is 5.11 Å². The first-order chi connectivity index (χ1) is 6.92. The number of hydrogen-bond donors (Lipinski definition) is 1. The van der Waals surface area contributed by atoms with Gasteiger partial charge in [-0.15, -0.1) is 0 Å². The van der Waals surface area contributed by atoms with E-state index in [1.807, 2.05) is 0 Å². The zero-order valence-corrected chi connectivity index (χ0v) is 10.3. The van der Waals surface area contributed by atoms with E-state index in [2.05, 4.69) is 6.92 Å². The Morgan fingerprint density at radius 3 is 2.67 bits per heavy atom. The van der Waals surface area contributed by atoms with Crippen molar-refractivity contribution in [2.24, 2.45) is 11.8 Å². The van der Waals surface area contributed by atoms with Gasteiger partial charge in [-0.25, -0.2) is 0 Å². The molecular formula is C13H24O2. The minimum Gasteiger partial charge on any atom is -0.390 e. The van der Waals surface area contributed by atoms with Crippen LogP contribution in [0.5, 0.6) is 0 Å². The van der Waals surface area contributed by atoms with Gasteiger partial charge in [-0.05, 0) is 39.0 Å². The zero-order valence-electron chi connectivity index (χ0n) is 10.3. The Bertz CT molecular complexity index is 215. The van der Waals surface area contributed by atoms with Gasteiger partial charge >= 0.3 is 0 Å². The van der Waals surface area contributed by atoms with Crippen molar-refractivity contribution in [3.8, 4) is 0 Å². The van der Waals surface area contributed by atoms with Gasteiger partial charge in [0, 0.05) is 12.3 Å².